The van der Waals surface area contributed by atoms with E-state index in [2.05, 4.69) is 23.9 Å². The molecule has 1 aliphatic rings. The lowest BCUT2D eigenvalue weighted by Gasteiger charge is -2.36. The predicted octanol–water partition coefficient (Wildman–Crippen LogP) is 1.38. The normalized spacial score (nSPS) is 23.3. The Labute approximate surface area is 93.4 Å². The molecule has 0 bridgehead atoms. The molecule has 1 aliphatic heterocycles. The van der Waals surface area contributed by atoms with E-state index in [9.17, 15) is 4.79 Å². The Balaban J connectivity index is 2.21. The lowest BCUT2D eigenvalue weighted by molar-refractivity contribution is -0.117. The van der Waals surface area contributed by atoms with Crippen molar-refractivity contribution in [1.29, 1.82) is 0 Å². The van der Waals surface area contributed by atoms with Crippen LogP contribution in [0, 0.1) is 0 Å². The van der Waals surface area contributed by atoms with Crippen molar-refractivity contribution in [2.75, 3.05) is 33.7 Å². The van der Waals surface area contributed by atoms with Gasteiger partial charge in [-0.3, -0.25) is 0 Å². The molecular formula is C12H24N2O. The molecule has 0 aromatic carbocycles. The van der Waals surface area contributed by atoms with Gasteiger partial charge in [0.2, 0.25) is 0 Å². The summed E-state index contributed by atoms with van der Waals surface area (Å²) in [6, 6.07) is 0.705. The summed E-state index contributed by atoms with van der Waals surface area (Å²) in [5, 5.41) is 0. The van der Waals surface area contributed by atoms with Crippen LogP contribution in [-0.4, -0.2) is 55.4 Å². The lowest BCUT2D eigenvalue weighted by Crippen LogP contribution is -2.45. The van der Waals surface area contributed by atoms with E-state index >= 15 is 0 Å². The molecule has 1 fully saturated rings. The molecule has 0 N–H and O–H groups in total. The Hall–Kier alpha value is -0.410. The van der Waals surface area contributed by atoms with Crippen LogP contribution in [-0.2, 0) is 4.79 Å². The van der Waals surface area contributed by atoms with Crippen LogP contribution >= 0.6 is 0 Å². The summed E-state index contributed by atoms with van der Waals surface area (Å²) in [6.07, 6.45) is 4.37. The fraction of sp³-hybridized carbons (Fsp3) is 0.917. The van der Waals surface area contributed by atoms with Crippen molar-refractivity contribution in [2.45, 2.75) is 38.6 Å². The van der Waals surface area contributed by atoms with Crippen LogP contribution in [0.25, 0.3) is 0 Å². The maximum atomic E-state index is 10.8. The van der Waals surface area contributed by atoms with E-state index in [0.29, 0.717) is 11.8 Å². The van der Waals surface area contributed by atoms with E-state index in [0.717, 1.165) is 19.4 Å². The summed E-state index contributed by atoms with van der Waals surface area (Å²) in [7, 11) is 4.31. The first-order valence-corrected chi connectivity index (χ1v) is 5.98. The first-order valence-electron chi connectivity index (χ1n) is 5.98. The Kier molecular flexibility index (Phi) is 5.26. The van der Waals surface area contributed by atoms with Crippen LogP contribution < -0.4 is 0 Å². The molecule has 1 heterocycles. The number of piperidine rings is 1. The van der Waals surface area contributed by atoms with Crippen LogP contribution in [0.15, 0.2) is 0 Å². The molecule has 0 radical (unpaired) electrons. The third kappa shape index (κ3) is 4.76. The monoisotopic (exact) mass is 212 g/mol. The van der Waals surface area contributed by atoms with E-state index in [-0.39, 0.29) is 0 Å². The number of rotatable bonds is 5. The van der Waals surface area contributed by atoms with Crippen LogP contribution in [0.1, 0.15) is 32.6 Å². The van der Waals surface area contributed by atoms with Crippen molar-refractivity contribution in [3.63, 3.8) is 0 Å². The molecule has 0 amide bonds. The predicted molar refractivity (Wildman–Crippen MR) is 63.1 cm³/mol. The quantitative estimate of drug-likeness (QED) is 0.688. The van der Waals surface area contributed by atoms with Crippen molar-refractivity contribution < 1.29 is 4.79 Å². The largest absolute Gasteiger partial charge is 0.305 e. The van der Waals surface area contributed by atoms with Crippen LogP contribution in [0.3, 0.4) is 0 Å². The summed E-state index contributed by atoms with van der Waals surface area (Å²) < 4.78 is 0. The van der Waals surface area contributed by atoms with Gasteiger partial charge in [0.15, 0.2) is 0 Å². The average Bonchev–Trinajstić information content (AvgIpc) is 2.17. The summed E-state index contributed by atoms with van der Waals surface area (Å²) in [5.74, 6) is 0.316. The van der Waals surface area contributed by atoms with Crippen molar-refractivity contribution in [3.05, 3.63) is 0 Å². The zero-order chi connectivity index (χ0) is 11.3. The fourth-order valence-corrected chi connectivity index (χ4v) is 2.21. The third-order valence-corrected chi connectivity index (χ3v) is 3.21. The van der Waals surface area contributed by atoms with Gasteiger partial charge in [-0.1, -0.05) is 0 Å². The maximum absolute atomic E-state index is 10.8. The minimum absolute atomic E-state index is 0.316. The minimum atomic E-state index is 0.316. The summed E-state index contributed by atoms with van der Waals surface area (Å²) >= 11 is 0. The topological polar surface area (TPSA) is 23.6 Å². The Bertz CT molecular complexity index is 204. The van der Waals surface area contributed by atoms with E-state index in [4.69, 9.17) is 0 Å². The highest BCUT2D eigenvalue weighted by Crippen LogP contribution is 2.14. The second kappa shape index (κ2) is 6.23. The smallest absolute Gasteiger partial charge is 0.129 e. The van der Waals surface area contributed by atoms with Crippen LogP contribution in [0.5, 0.6) is 0 Å². The average molecular weight is 212 g/mol. The van der Waals surface area contributed by atoms with Gasteiger partial charge in [0.25, 0.3) is 0 Å². The number of carbonyl (C=O) groups excluding carboxylic acids is 1. The molecule has 0 saturated carbocycles. The summed E-state index contributed by atoms with van der Waals surface area (Å²) in [5.41, 5.74) is 0. The zero-order valence-electron chi connectivity index (χ0n) is 10.3. The highest BCUT2D eigenvalue weighted by atomic mass is 16.1. The molecule has 0 aromatic rings. The van der Waals surface area contributed by atoms with Crippen molar-refractivity contribution in [2.24, 2.45) is 0 Å². The van der Waals surface area contributed by atoms with Gasteiger partial charge in [0.05, 0.1) is 0 Å². The number of hydrogen-bond acceptors (Lipinski definition) is 3. The van der Waals surface area contributed by atoms with Crippen LogP contribution in [0.2, 0.25) is 0 Å². The second-order valence-electron chi connectivity index (χ2n) is 4.87. The maximum Gasteiger partial charge on any atom is 0.129 e. The third-order valence-electron chi connectivity index (χ3n) is 3.21. The molecule has 0 spiro atoms. The highest BCUT2D eigenvalue weighted by Gasteiger charge is 2.20. The van der Waals surface area contributed by atoms with Crippen molar-refractivity contribution in [1.82, 2.24) is 9.80 Å². The number of Topliss-reactive ketones (excluding diaryl/α,β-unsaturated/α-hetero) is 1. The highest BCUT2D eigenvalue weighted by molar-refractivity contribution is 5.75. The summed E-state index contributed by atoms with van der Waals surface area (Å²) in [4.78, 5) is 15.6. The van der Waals surface area contributed by atoms with E-state index in [1.54, 1.807) is 6.92 Å². The fourth-order valence-electron chi connectivity index (χ4n) is 2.21. The number of carbonyl (C=O) groups is 1. The van der Waals surface area contributed by atoms with Gasteiger partial charge < -0.3 is 14.6 Å². The van der Waals surface area contributed by atoms with E-state index < -0.39 is 0 Å². The molecule has 1 unspecified atom stereocenters. The number of nitrogens with zero attached hydrogens (tertiary/aromatic N) is 2. The molecular weight excluding hydrogens is 188 g/mol. The number of hydrogen-bond donors (Lipinski definition) is 0. The molecule has 88 valence electrons. The second-order valence-corrected chi connectivity index (χ2v) is 4.87. The van der Waals surface area contributed by atoms with Gasteiger partial charge in [0, 0.05) is 19.0 Å². The standard InChI is InChI=1S/C12H24N2O/c1-11(15)6-4-8-14-9-5-7-12(10-14)13(2)3/h12H,4-10H2,1-3H3. The van der Waals surface area contributed by atoms with Gasteiger partial charge in [-0.15, -0.1) is 0 Å². The Morgan fingerprint density at radius 2 is 2.20 bits per heavy atom. The van der Waals surface area contributed by atoms with Gasteiger partial charge in [-0.25, -0.2) is 0 Å². The first-order chi connectivity index (χ1) is 7.09. The van der Waals surface area contributed by atoms with Crippen molar-refractivity contribution >= 4 is 5.78 Å². The molecule has 0 aliphatic carbocycles. The number of likely N-dealkylation sites (N-methyl/N-ethyl adjacent to an activating group) is 1. The molecule has 0 aromatic heterocycles. The SMILES string of the molecule is CC(=O)CCCN1CCCC(N(C)C)C1. The molecule has 3 heteroatoms. The Morgan fingerprint density at radius 3 is 2.80 bits per heavy atom. The molecule has 1 rings (SSSR count). The zero-order valence-corrected chi connectivity index (χ0v) is 10.3. The van der Waals surface area contributed by atoms with Gasteiger partial charge >= 0.3 is 0 Å². The van der Waals surface area contributed by atoms with E-state index in [1.165, 1.54) is 25.9 Å². The molecule has 1 saturated heterocycles. The molecule has 15 heavy (non-hydrogen) atoms. The minimum Gasteiger partial charge on any atom is -0.305 e. The van der Waals surface area contributed by atoms with Gasteiger partial charge in [-0.05, 0) is 53.4 Å². The van der Waals surface area contributed by atoms with Gasteiger partial charge in [-0.2, -0.15) is 0 Å². The van der Waals surface area contributed by atoms with Gasteiger partial charge in [0.1, 0.15) is 5.78 Å². The van der Waals surface area contributed by atoms with Crippen LogP contribution in [0.4, 0.5) is 0 Å². The van der Waals surface area contributed by atoms with Crippen molar-refractivity contribution in [3.8, 4) is 0 Å². The number of ketones is 1. The number of likely N-dealkylation sites (tertiary alicyclic amines) is 1. The van der Waals surface area contributed by atoms with E-state index in [1.807, 2.05) is 0 Å². The molecule has 3 nitrogen and oxygen atoms in total. The first kappa shape index (κ1) is 12.7. The summed E-state index contributed by atoms with van der Waals surface area (Å²) in [6.45, 7) is 5.15. The Morgan fingerprint density at radius 1 is 1.47 bits per heavy atom. The lowest BCUT2D eigenvalue weighted by atomic mass is 10.0. The molecule has 1 atom stereocenters.